The SMILES string of the molecule is CCN(CC)CC(C)NC(C)C(=O)N1CCCCC1. The lowest BCUT2D eigenvalue weighted by molar-refractivity contribution is -0.134. The van der Waals surface area contributed by atoms with E-state index in [1.807, 2.05) is 11.8 Å². The predicted octanol–water partition coefficient (Wildman–Crippen LogP) is 1.71. The molecule has 0 aromatic heterocycles. The Hall–Kier alpha value is -0.610. The Labute approximate surface area is 118 Å². The summed E-state index contributed by atoms with van der Waals surface area (Å²) in [7, 11) is 0. The van der Waals surface area contributed by atoms with Crippen LogP contribution in [0.3, 0.4) is 0 Å². The van der Waals surface area contributed by atoms with Gasteiger partial charge in [0.1, 0.15) is 0 Å². The highest BCUT2D eigenvalue weighted by Crippen LogP contribution is 2.10. The molecule has 0 bridgehead atoms. The van der Waals surface area contributed by atoms with Crippen LogP contribution < -0.4 is 5.32 Å². The zero-order valence-electron chi connectivity index (χ0n) is 13.1. The van der Waals surface area contributed by atoms with E-state index in [2.05, 4.69) is 31.0 Å². The molecule has 0 aromatic rings. The molecule has 1 rings (SSSR count). The van der Waals surface area contributed by atoms with E-state index in [0.29, 0.717) is 6.04 Å². The van der Waals surface area contributed by atoms with Crippen LogP contribution in [0.5, 0.6) is 0 Å². The van der Waals surface area contributed by atoms with Crippen LogP contribution in [0.2, 0.25) is 0 Å². The van der Waals surface area contributed by atoms with Crippen LogP contribution in [0.25, 0.3) is 0 Å². The minimum absolute atomic E-state index is 0.0661. The fourth-order valence-corrected chi connectivity index (χ4v) is 2.81. The summed E-state index contributed by atoms with van der Waals surface area (Å²) < 4.78 is 0. The average Bonchev–Trinajstić information content (AvgIpc) is 2.44. The van der Waals surface area contributed by atoms with Crippen molar-refractivity contribution in [2.75, 3.05) is 32.7 Å². The minimum atomic E-state index is -0.0661. The van der Waals surface area contributed by atoms with Gasteiger partial charge in [-0.15, -0.1) is 0 Å². The molecule has 1 aliphatic rings. The standard InChI is InChI=1S/C15H31N3O/c1-5-17(6-2)12-13(3)16-14(4)15(19)18-10-8-7-9-11-18/h13-14,16H,5-12H2,1-4H3. The van der Waals surface area contributed by atoms with Crippen molar-refractivity contribution in [1.82, 2.24) is 15.1 Å². The number of likely N-dealkylation sites (tertiary alicyclic amines) is 1. The van der Waals surface area contributed by atoms with E-state index in [1.165, 1.54) is 6.42 Å². The van der Waals surface area contributed by atoms with Gasteiger partial charge in [0.2, 0.25) is 5.91 Å². The summed E-state index contributed by atoms with van der Waals surface area (Å²) in [4.78, 5) is 16.7. The number of rotatable bonds is 7. The molecule has 4 nitrogen and oxygen atoms in total. The molecule has 1 amide bonds. The van der Waals surface area contributed by atoms with Crippen LogP contribution in [0.15, 0.2) is 0 Å². The second-order valence-electron chi connectivity index (χ2n) is 5.66. The van der Waals surface area contributed by atoms with E-state index in [4.69, 9.17) is 0 Å². The lowest BCUT2D eigenvalue weighted by Gasteiger charge is -2.31. The van der Waals surface area contributed by atoms with Crippen molar-refractivity contribution >= 4 is 5.91 Å². The van der Waals surface area contributed by atoms with Gasteiger partial charge in [0.15, 0.2) is 0 Å². The van der Waals surface area contributed by atoms with E-state index < -0.39 is 0 Å². The van der Waals surface area contributed by atoms with Gasteiger partial charge in [0, 0.05) is 25.7 Å². The molecule has 19 heavy (non-hydrogen) atoms. The van der Waals surface area contributed by atoms with Crippen LogP contribution in [-0.2, 0) is 4.79 Å². The molecule has 2 atom stereocenters. The van der Waals surface area contributed by atoms with Crippen molar-refractivity contribution in [2.24, 2.45) is 0 Å². The van der Waals surface area contributed by atoms with Crippen LogP contribution in [0, 0.1) is 0 Å². The van der Waals surface area contributed by atoms with Crippen molar-refractivity contribution in [2.45, 2.75) is 59.0 Å². The molecule has 2 unspecified atom stereocenters. The van der Waals surface area contributed by atoms with Gasteiger partial charge in [-0.3, -0.25) is 4.79 Å². The van der Waals surface area contributed by atoms with Crippen LogP contribution in [0.4, 0.5) is 0 Å². The topological polar surface area (TPSA) is 35.6 Å². The van der Waals surface area contributed by atoms with Crippen LogP contribution in [0.1, 0.15) is 47.0 Å². The maximum absolute atomic E-state index is 12.3. The highest BCUT2D eigenvalue weighted by Gasteiger charge is 2.23. The van der Waals surface area contributed by atoms with E-state index >= 15 is 0 Å². The lowest BCUT2D eigenvalue weighted by atomic mass is 10.1. The summed E-state index contributed by atoms with van der Waals surface area (Å²) in [6, 6.07) is 0.285. The Kier molecular flexibility index (Phi) is 7.39. The molecular formula is C15H31N3O. The number of piperidine rings is 1. The van der Waals surface area contributed by atoms with E-state index in [-0.39, 0.29) is 11.9 Å². The summed E-state index contributed by atoms with van der Waals surface area (Å²) in [5.74, 6) is 0.270. The fraction of sp³-hybridized carbons (Fsp3) is 0.933. The molecule has 0 aliphatic carbocycles. The van der Waals surface area contributed by atoms with Gasteiger partial charge in [-0.2, -0.15) is 0 Å². The third-order valence-corrected chi connectivity index (χ3v) is 4.00. The Morgan fingerprint density at radius 1 is 1.16 bits per heavy atom. The maximum Gasteiger partial charge on any atom is 0.239 e. The number of hydrogen-bond donors (Lipinski definition) is 1. The van der Waals surface area contributed by atoms with Gasteiger partial charge in [0.25, 0.3) is 0 Å². The number of nitrogens with one attached hydrogen (secondary N) is 1. The van der Waals surface area contributed by atoms with Gasteiger partial charge in [-0.25, -0.2) is 0 Å². The fourth-order valence-electron chi connectivity index (χ4n) is 2.81. The second kappa shape index (κ2) is 8.54. The number of amides is 1. The minimum Gasteiger partial charge on any atom is -0.341 e. The summed E-state index contributed by atoms with van der Waals surface area (Å²) in [5, 5.41) is 3.44. The first-order valence-electron chi connectivity index (χ1n) is 7.85. The first-order chi connectivity index (χ1) is 9.08. The van der Waals surface area contributed by atoms with Crippen molar-refractivity contribution in [3.8, 4) is 0 Å². The van der Waals surface area contributed by atoms with Crippen molar-refractivity contribution in [1.29, 1.82) is 0 Å². The van der Waals surface area contributed by atoms with E-state index in [1.54, 1.807) is 0 Å². The maximum atomic E-state index is 12.3. The quantitative estimate of drug-likeness (QED) is 0.764. The second-order valence-corrected chi connectivity index (χ2v) is 5.66. The van der Waals surface area contributed by atoms with Crippen LogP contribution >= 0.6 is 0 Å². The van der Waals surface area contributed by atoms with E-state index in [0.717, 1.165) is 45.6 Å². The molecular weight excluding hydrogens is 238 g/mol. The van der Waals surface area contributed by atoms with Gasteiger partial charge < -0.3 is 15.1 Å². The third kappa shape index (κ3) is 5.49. The van der Waals surface area contributed by atoms with Crippen molar-refractivity contribution in [3.63, 3.8) is 0 Å². The highest BCUT2D eigenvalue weighted by atomic mass is 16.2. The molecule has 1 saturated heterocycles. The van der Waals surface area contributed by atoms with Gasteiger partial charge in [-0.1, -0.05) is 13.8 Å². The smallest absolute Gasteiger partial charge is 0.239 e. The molecule has 1 fully saturated rings. The molecule has 1 heterocycles. The Morgan fingerprint density at radius 3 is 2.26 bits per heavy atom. The summed E-state index contributed by atoms with van der Waals surface area (Å²) in [6.07, 6.45) is 3.59. The number of carbonyl (C=O) groups is 1. The van der Waals surface area contributed by atoms with Crippen molar-refractivity contribution < 1.29 is 4.79 Å². The number of likely N-dealkylation sites (N-methyl/N-ethyl adjacent to an activating group) is 1. The molecule has 0 aromatic carbocycles. The molecule has 0 radical (unpaired) electrons. The molecule has 4 heteroatoms. The van der Waals surface area contributed by atoms with Crippen molar-refractivity contribution in [3.05, 3.63) is 0 Å². The largest absolute Gasteiger partial charge is 0.341 e. The lowest BCUT2D eigenvalue weighted by Crippen LogP contribution is -2.51. The first-order valence-corrected chi connectivity index (χ1v) is 7.85. The Bertz CT molecular complexity index is 260. The highest BCUT2D eigenvalue weighted by molar-refractivity contribution is 5.81. The molecule has 1 N–H and O–H groups in total. The first kappa shape index (κ1) is 16.4. The summed E-state index contributed by atoms with van der Waals surface area (Å²) in [6.45, 7) is 13.5. The summed E-state index contributed by atoms with van der Waals surface area (Å²) in [5.41, 5.74) is 0. The Morgan fingerprint density at radius 2 is 1.74 bits per heavy atom. The Balaban J connectivity index is 2.35. The number of nitrogens with zero attached hydrogens (tertiary/aromatic N) is 2. The summed E-state index contributed by atoms with van der Waals surface area (Å²) >= 11 is 0. The van der Waals surface area contributed by atoms with Gasteiger partial charge in [0.05, 0.1) is 6.04 Å². The predicted molar refractivity (Wildman–Crippen MR) is 80.3 cm³/mol. The van der Waals surface area contributed by atoms with E-state index in [9.17, 15) is 4.79 Å². The molecule has 1 aliphatic heterocycles. The third-order valence-electron chi connectivity index (χ3n) is 4.00. The number of hydrogen-bond acceptors (Lipinski definition) is 3. The normalized spacial score (nSPS) is 19.5. The van der Waals surface area contributed by atoms with Crippen LogP contribution in [-0.4, -0.2) is 60.5 Å². The van der Waals surface area contributed by atoms with Gasteiger partial charge >= 0.3 is 0 Å². The monoisotopic (exact) mass is 269 g/mol. The number of carbonyl (C=O) groups excluding carboxylic acids is 1. The average molecular weight is 269 g/mol. The molecule has 112 valence electrons. The van der Waals surface area contributed by atoms with Gasteiger partial charge in [-0.05, 0) is 46.2 Å². The zero-order chi connectivity index (χ0) is 14.3. The molecule has 0 spiro atoms. The zero-order valence-corrected chi connectivity index (χ0v) is 13.1. The molecule has 0 saturated carbocycles.